The van der Waals surface area contributed by atoms with Crippen LogP contribution in [0.4, 0.5) is 14.6 Å². The van der Waals surface area contributed by atoms with Crippen LogP contribution >= 0.6 is 0 Å². The second-order valence-electron chi connectivity index (χ2n) is 6.56. The van der Waals surface area contributed by atoms with E-state index in [4.69, 9.17) is 0 Å². The molecule has 28 heavy (non-hydrogen) atoms. The van der Waals surface area contributed by atoms with E-state index in [0.717, 1.165) is 18.2 Å². The third-order valence-electron chi connectivity index (χ3n) is 4.80. The minimum absolute atomic E-state index is 0.00217. The van der Waals surface area contributed by atoms with Crippen LogP contribution in [0.15, 0.2) is 36.7 Å². The molecule has 1 aliphatic rings. The number of benzene rings is 1. The van der Waals surface area contributed by atoms with Crippen molar-refractivity contribution in [2.45, 2.75) is 19.3 Å². The first-order chi connectivity index (χ1) is 13.5. The van der Waals surface area contributed by atoms with E-state index in [1.165, 1.54) is 15.5 Å². The molecule has 0 saturated heterocycles. The standard InChI is InChI=1S/C18H13F2N7O/c1-9-17-12(11-6-10(19)2-3-13(11)20)7-16(28)22-18(17)27(24-9)15-5-4-14-23-21-8-26(14)25-15/h2-6,8,12H,7H2,1H3,(H,22,28). The number of carbonyl (C=O) groups is 1. The molecular weight excluding hydrogens is 368 g/mol. The Morgan fingerprint density at radius 3 is 2.89 bits per heavy atom. The summed E-state index contributed by atoms with van der Waals surface area (Å²) in [5.74, 6) is -1.27. The number of rotatable bonds is 2. The fourth-order valence-corrected chi connectivity index (χ4v) is 3.59. The Hall–Kier alpha value is -3.69. The molecule has 140 valence electrons. The Bertz CT molecular complexity index is 1250. The molecule has 0 aliphatic carbocycles. The number of fused-ring (bicyclic) bond motifs is 2. The first-order valence-electron chi connectivity index (χ1n) is 8.53. The molecule has 0 fully saturated rings. The number of halogens is 2. The Labute approximate surface area is 156 Å². The SMILES string of the molecule is Cc1nn(-c2ccc3nncn3n2)c2c1C(c1cc(F)ccc1F)CC(=O)N2. The molecule has 1 aliphatic heterocycles. The highest BCUT2D eigenvalue weighted by atomic mass is 19.1. The first kappa shape index (κ1) is 16.5. The molecule has 8 nitrogen and oxygen atoms in total. The van der Waals surface area contributed by atoms with Crippen LogP contribution in [0.1, 0.15) is 29.2 Å². The first-order valence-corrected chi connectivity index (χ1v) is 8.53. The summed E-state index contributed by atoms with van der Waals surface area (Å²) < 4.78 is 31.1. The number of hydrogen-bond acceptors (Lipinski definition) is 5. The summed E-state index contributed by atoms with van der Waals surface area (Å²) in [6.07, 6.45) is 1.45. The van der Waals surface area contributed by atoms with Gasteiger partial charge in [0.2, 0.25) is 5.91 Å². The van der Waals surface area contributed by atoms with E-state index in [9.17, 15) is 13.6 Å². The molecule has 1 N–H and O–H groups in total. The van der Waals surface area contributed by atoms with Gasteiger partial charge in [0.1, 0.15) is 23.8 Å². The van der Waals surface area contributed by atoms with Crippen molar-refractivity contribution in [3.8, 4) is 5.82 Å². The van der Waals surface area contributed by atoms with Crippen LogP contribution in [-0.4, -0.2) is 35.5 Å². The molecule has 10 heteroatoms. The number of anilines is 1. The zero-order valence-corrected chi connectivity index (χ0v) is 14.6. The largest absolute Gasteiger partial charge is 0.310 e. The van der Waals surface area contributed by atoms with Gasteiger partial charge in [-0.25, -0.2) is 8.78 Å². The lowest BCUT2D eigenvalue weighted by molar-refractivity contribution is -0.116. The second kappa shape index (κ2) is 5.91. The zero-order valence-electron chi connectivity index (χ0n) is 14.6. The number of hydrogen-bond donors (Lipinski definition) is 1. The normalized spacial score (nSPS) is 16.2. The van der Waals surface area contributed by atoms with Crippen molar-refractivity contribution in [3.63, 3.8) is 0 Å². The maximum atomic E-state index is 14.4. The van der Waals surface area contributed by atoms with E-state index in [2.05, 4.69) is 25.7 Å². The van der Waals surface area contributed by atoms with Gasteiger partial charge < -0.3 is 5.32 Å². The number of aryl methyl sites for hydroxylation is 1. The molecule has 0 bridgehead atoms. The summed E-state index contributed by atoms with van der Waals surface area (Å²) in [5, 5.41) is 19.3. The Balaban J connectivity index is 1.70. The fourth-order valence-electron chi connectivity index (χ4n) is 3.59. The molecule has 4 heterocycles. The van der Waals surface area contributed by atoms with Crippen LogP contribution in [0.25, 0.3) is 11.5 Å². The Kier molecular flexibility index (Phi) is 3.48. The third kappa shape index (κ3) is 2.45. The molecule has 1 atom stereocenters. The van der Waals surface area contributed by atoms with E-state index in [1.54, 1.807) is 19.1 Å². The predicted molar refractivity (Wildman–Crippen MR) is 94.1 cm³/mol. The van der Waals surface area contributed by atoms with Crippen molar-refractivity contribution in [2.24, 2.45) is 0 Å². The summed E-state index contributed by atoms with van der Waals surface area (Å²) >= 11 is 0. The van der Waals surface area contributed by atoms with Gasteiger partial charge in [-0.3, -0.25) is 4.79 Å². The van der Waals surface area contributed by atoms with Gasteiger partial charge in [-0.1, -0.05) is 0 Å². The van der Waals surface area contributed by atoms with Crippen molar-refractivity contribution in [1.29, 1.82) is 0 Å². The van der Waals surface area contributed by atoms with E-state index in [-0.39, 0.29) is 17.9 Å². The van der Waals surface area contributed by atoms with E-state index in [1.807, 2.05) is 0 Å². The quantitative estimate of drug-likeness (QED) is 0.576. The van der Waals surface area contributed by atoms with Gasteiger partial charge >= 0.3 is 0 Å². The second-order valence-corrected chi connectivity index (χ2v) is 6.56. The zero-order chi connectivity index (χ0) is 19.4. The van der Waals surface area contributed by atoms with Gasteiger partial charge in [0.05, 0.1) is 5.69 Å². The van der Waals surface area contributed by atoms with Crippen molar-refractivity contribution in [2.75, 3.05) is 5.32 Å². The van der Waals surface area contributed by atoms with Crippen LogP contribution < -0.4 is 5.32 Å². The predicted octanol–water partition coefficient (Wildman–Crippen LogP) is 2.37. The minimum Gasteiger partial charge on any atom is -0.310 e. The van der Waals surface area contributed by atoms with Crippen molar-refractivity contribution in [1.82, 2.24) is 29.6 Å². The summed E-state index contributed by atoms with van der Waals surface area (Å²) in [6.45, 7) is 1.76. The lowest BCUT2D eigenvalue weighted by Gasteiger charge is -2.24. The highest BCUT2D eigenvalue weighted by molar-refractivity contribution is 5.95. The van der Waals surface area contributed by atoms with Crippen molar-refractivity contribution >= 4 is 17.4 Å². The van der Waals surface area contributed by atoms with Gasteiger partial charge in [-0.05, 0) is 42.8 Å². The van der Waals surface area contributed by atoms with Gasteiger partial charge in [0.25, 0.3) is 0 Å². The number of nitrogens with one attached hydrogen (secondary N) is 1. The van der Waals surface area contributed by atoms with Gasteiger partial charge in [0.15, 0.2) is 11.5 Å². The van der Waals surface area contributed by atoms with Crippen LogP contribution in [0.5, 0.6) is 0 Å². The molecular formula is C18H13F2N7O. The summed E-state index contributed by atoms with van der Waals surface area (Å²) in [6, 6.07) is 6.65. The smallest absolute Gasteiger partial charge is 0.226 e. The molecule has 1 amide bonds. The highest BCUT2D eigenvalue weighted by Crippen LogP contribution is 2.40. The molecule has 0 radical (unpaired) electrons. The maximum absolute atomic E-state index is 14.4. The fraction of sp³-hybridized carbons (Fsp3) is 0.167. The van der Waals surface area contributed by atoms with Crippen molar-refractivity contribution < 1.29 is 13.6 Å². The number of carbonyl (C=O) groups excluding carboxylic acids is 1. The minimum atomic E-state index is -0.646. The summed E-state index contributed by atoms with van der Waals surface area (Å²) in [4.78, 5) is 12.4. The van der Waals surface area contributed by atoms with Crippen LogP contribution in [0.2, 0.25) is 0 Å². The number of amides is 1. The number of nitrogens with zero attached hydrogens (tertiary/aromatic N) is 6. The van der Waals surface area contributed by atoms with Crippen molar-refractivity contribution in [3.05, 3.63) is 65.1 Å². The van der Waals surface area contributed by atoms with E-state index >= 15 is 0 Å². The topological polar surface area (TPSA) is 90.0 Å². The summed E-state index contributed by atoms with van der Waals surface area (Å²) in [7, 11) is 0. The highest BCUT2D eigenvalue weighted by Gasteiger charge is 2.34. The van der Waals surface area contributed by atoms with Gasteiger partial charge in [-0.2, -0.15) is 14.3 Å². The van der Waals surface area contributed by atoms with Crippen LogP contribution in [-0.2, 0) is 4.79 Å². The molecule has 3 aromatic heterocycles. The molecule has 4 aromatic rings. The van der Waals surface area contributed by atoms with E-state index < -0.39 is 17.6 Å². The van der Waals surface area contributed by atoms with Gasteiger partial charge in [-0.15, -0.1) is 15.3 Å². The van der Waals surface area contributed by atoms with Gasteiger partial charge in [0, 0.05) is 17.9 Å². The molecule has 1 aromatic carbocycles. The molecule has 5 rings (SSSR count). The Morgan fingerprint density at radius 1 is 1.18 bits per heavy atom. The average Bonchev–Trinajstić information content (AvgIpc) is 3.27. The lowest BCUT2D eigenvalue weighted by atomic mass is 9.85. The lowest BCUT2D eigenvalue weighted by Crippen LogP contribution is -2.25. The molecule has 0 saturated carbocycles. The molecule has 1 unspecified atom stereocenters. The number of aromatic nitrogens is 6. The average molecular weight is 381 g/mol. The summed E-state index contributed by atoms with van der Waals surface area (Å²) in [5.41, 5.74) is 1.91. The molecule has 0 spiro atoms. The van der Waals surface area contributed by atoms with E-state index in [0.29, 0.717) is 28.5 Å². The van der Waals surface area contributed by atoms with Crippen LogP contribution in [0.3, 0.4) is 0 Å². The monoisotopic (exact) mass is 381 g/mol. The maximum Gasteiger partial charge on any atom is 0.226 e. The van der Waals surface area contributed by atoms with Crippen LogP contribution in [0, 0.1) is 18.6 Å². The Morgan fingerprint density at radius 2 is 2.04 bits per heavy atom. The third-order valence-corrected chi connectivity index (χ3v) is 4.80.